The summed E-state index contributed by atoms with van der Waals surface area (Å²) in [6.07, 6.45) is 3.67. The molecule has 78 heavy (non-hydrogen) atoms. The van der Waals surface area contributed by atoms with E-state index < -0.39 is 0 Å². The lowest BCUT2D eigenvalue weighted by atomic mass is 9.79. The Morgan fingerprint density at radius 2 is 0.372 bits per heavy atom. The molecule has 0 aliphatic heterocycles. The lowest BCUT2D eigenvalue weighted by Gasteiger charge is -2.24. The van der Waals surface area contributed by atoms with Crippen LogP contribution < -0.4 is 0 Å². The highest BCUT2D eigenvalue weighted by Gasteiger charge is 2.25. The van der Waals surface area contributed by atoms with Crippen LogP contribution in [0.3, 0.4) is 0 Å². The molecule has 0 heteroatoms. The highest BCUT2D eigenvalue weighted by Crippen LogP contribution is 2.52. The molecule has 0 heterocycles. The Labute approximate surface area is 459 Å². The number of rotatable bonds is 10. The molecule has 12 rings (SSSR count). The van der Waals surface area contributed by atoms with Crippen LogP contribution in [0.2, 0.25) is 0 Å². The third-order valence-electron chi connectivity index (χ3n) is 14.3. The van der Waals surface area contributed by atoms with Crippen molar-refractivity contribution in [3.05, 3.63) is 327 Å². The minimum Gasteiger partial charge on any atom is -0.0689 e. The van der Waals surface area contributed by atoms with Crippen molar-refractivity contribution in [3.8, 4) is 135 Å². The zero-order valence-electron chi connectivity index (χ0n) is 43.0. The SMILES string of the molecule is C(#Cc1ccc(-c2cc(-c3ccccc3)c(-c3ccccc3)c(-c3ccccc3)c2-c2ccccc2)cc1)/C=C/C#Cc1ccc(-c2cc(-c3ccccc3)c(-c3ccccc3)c(-c3ccccc3)c2-c2ccccc2)cc1. The van der Waals surface area contributed by atoms with Crippen molar-refractivity contribution in [2.45, 2.75) is 0 Å². The van der Waals surface area contributed by atoms with Gasteiger partial charge < -0.3 is 0 Å². The van der Waals surface area contributed by atoms with Crippen molar-refractivity contribution < 1.29 is 0 Å². The second-order valence-corrected chi connectivity index (χ2v) is 19.1. The van der Waals surface area contributed by atoms with Crippen molar-refractivity contribution in [1.82, 2.24) is 0 Å². The molecule has 364 valence electrons. The van der Waals surface area contributed by atoms with Crippen molar-refractivity contribution in [2.75, 3.05) is 0 Å². The Morgan fingerprint density at radius 1 is 0.179 bits per heavy atom. The molecule has 0 aromatic heterocycles. The lowest BCUT2D eigenvalue weighted by Crippen LogP contribution is -1.98. The molecule has 12 aromatic rings. The zero-order chi connectivity index (χ0) is 52.3. The minimum absolute atomic E-state index is 0.929. The second kappa shape index (κ2) is 22.9. The molecule has 0 spiro atoms. The highest BCUT2D eigenvalue weighted by atomic mass is 14.3. The molecule has 0 nitrogen and oxygen atoms in total. The van der Waals surface area contributed by atoms with Gasteiger partial charge in [0.25, 0.3) is 0 Å². The fraction of sp³-hybridized carbons (Fsp3) is 0. The van der Waals surface area contributed by atoms with Gasteiger partial charge >= 0.3 is 0 Å². The third kappa shape index (κ3) is 10.3. The predicted octanol–water partition coefficient (Wildman–Crippen LogP) is 20.3. The van der Waals surface area contributed by atoms with Crippen molar-refractivity contribution >= 4 is 0 Å². The number of benzene rings is 12. The summed E-state index contributed by atoms with van der Waals surface area (Å²) < 4.78 is 0. The Morgan fingerprint density at radius 3 is 0.603 bits per heavy atom. The smallest absolute Gasteiger partial charge is 0.0249 e. The van der Waals surface area contributed by atoms with E-state index in [1.165, 1.54) is 77.9 Å². The highest BCUT2D eigenvalue weighted by molar-refractivity contribution is 6.09. The molecule has 0 saturated heterocycles. The van der Waals surface area contributed by atoms with Gasteiger partial charge in [0.2, 0.25) is 0 Å². The average Bonchev–Trinajstić information content (AvgIpc) is 3.72. The first-order valence-electron chi connectivity index (χ1n) is 26.5. The van der Waals surface area contributed by atoms with E-state index in [1.807, 2.05) is 12.2 Å². The quantitative estimate of drug-likeness (QED) is 0.120. The van der Waals surface area contributed by atoms with Gasteiger partial charge in [-0.1, -0.05) is 291 Å². The Bertz CT molecular complexity index is 3870. The standard InChI is InChI=1S/C78H52/c1(11-29-57-47-51-61(52-48-57)71-55-69(59-31-13-3-14-32-59)73(63-35-17-5-18-36-63)77(67-43-25-9-26-44-67)75(71)65-39-21-7-22-40-65)2-12-30-58-49-53-62(54-50-58)72-56-70(60-33-15-4-16-34-60)74(64-37-19-6-20-38-64)78(68-45-27-10-28-46-68)76(72)66-41-23-8-24-42-66/h1-10,13-28,31-56H/b2-1+. The normalized spacial score (nSPS) is 10.8. The molecule has 0 bridgehead atoms. The first-order chi connectivity index (χ1) is 38.7. The van der Waals surface area contributed by atoms with E-state index >= 15 is 0 Å². The Balaban J connectivity index is 0.871. The second-order valence-electron chi connectivity index (χ2n) is 19.1. The molecule has 0 amide bonds. The molecule has 0 fully saturated rings. The molecule has 0 radical (unpaired) electrons. The summed E-state index contributed by atoms with van der Waals surface area (Å²) in [4.78, 5) is 0. The van der Waals surface area contributed by atoms with Crippen molar-refractivity contribution in [2.24, 2.45) is 0 Å². The molecule has 0 saturated carbocycles. The number of allylic oxidation sites excluding steroid dienone is 2. The van der Waals surface area contributed by atoms with Gasteiger partial charge in [-0.2, -0.15) is 0 Å². The number of hydrogen-bond acceptors (Lipinski definition) is 0. The summed E-state index contributed by atoms with van der Waals surface area (Å²) in [5.41, 5.74) is 25.3. The van der Waals surface area contributed by atoms with Crippen LogP contribution in [-0.4, -0.2) is 0 Å². The monoisotopic (exact) mass is 988 g/mol. The summed E-state index contributed by atoms with van der Waals surface area (Å²) in [5.74, 6) is 13.2. The van der Waals surface area contributed by atoms with E-state index in [4.69, 9.17) is 0 Å². The van der Waals surface area contributed by atoms with Crippen LogP contribution in [0.5, 0.6) is 0 Å². The molecule has 0 aliphatic carbocycles. The maximum atomic E-state index is 3.36. The van der Waals surface area contributed by atoms with Gasteiger partial charge in [0.05, 0.1) is 0 Å². The Kier molecular flexibility index (Phi) is 14.3. The molecular formula is C78H52. The summed E-state index contributed by atoms with van der Waals surface area (Å²) in [5, 5.41) is 0. The fourth-order valence-corrected chi connectivity index (χ4v) is 10.7. The summed E-state index contributed by atoms with van der Waals surface area (Å²) in [6, 6.07) is 108. The van der Waals surface area contributed by atoms with Crippen LogP contribution in [0, 0.1) is 23.7 Å². The summed E-state index contributed by atoms with van der Waals surface area (Å²) in [6.45, 7) is 0. The van der Waals surface area contributed by atoms with E-state index in [-0.39, 0.29) is 0 Å². The van der Waals surface area contributed by atoms with Gasteiger partial charge in [-0.15, -0.1) is 0 Å². The van der Waals surface area contributed by atoms with Crippen LogP contribution >= 0.6 is 0 Å². The summed E-state index contributed by atoms with van der Waals surface area (Å²) in [7, 11) is 0. The maximum Gasteiger partial charge on any atom is 0.0249 e. The van der Waals surface area contributed by atoms with Crippen LogP contribution in [-0.2, 0) is 0 Å². The molecule has 0 atom stereocenters. The van der Waals surface area contributed by atoms with Gasteiger partial charge in [0.15, 0.2) is 0 Å². The van der Waals surface area contributed by atoms with Crippen LogP contribution in [0.1, 0.15) is 11.1 Å². The van der Waals surface area contributed by atoms with Crippen LogP contribution in [0.4, 0.5) is 0 Å². The van der Waals surface area contributed by atoms with E-state index in [0.29, 0.717) is 0 Å². The molecular weight excluding hydrogens is 937 g/mol. The van der Waals surface area contributed by atoms with Crippen molar-refractivity contribution in [1.29, 1.82) is 0 Å². The van der Waals surface area contributed by atoms with E-state index in [1.54, 1.807) is 0 Å². The third-order valence-corrected chi connectivity index (χ3v) is 14.3. The first kappa shape index (κ1) is 48.4. The van der Waals surface area contributed by atoms with Gasteiger partial charge in [-0.05, 0) is 160 Å². The van der Waals surface area contributed by atoms with Crippen molar-refractivity contribution in [3.63, 3.8) is 0 Å². The molecule has 0 unspecified atom stereocenters. The topological polar surface area (TPSA) is 0 Å². The van der Waals surface area contributed by atoms with Crippen LogP contribution in [0.15, 0.2) is 315 Å². The average molecular weight is 989 g/mol. The molecule has 0 N–H and O–H groups in total. The van der Waals surface area contributed by atoms with Gasteiger partial charge in [0.1, 0.15) is 0 Å². The van der Waals surface area contributed by atoms with Gasteiger partial charge in [0, 0.05) is 11.1 Å². The van der Waals surface area contributed by atoms with E-state index in [9.17, 15) is 0 Å². The largest absolute Gasteiger partial charge is 0.0689 e. The zero-order valence-corrected chi connectivity index (χ0v) is 43.0. The lowest BCUT2D eigenvalue weighted by molar-refractivity contribution is 1.52. The number of hydrogen-bond donors (Lipinski definition) is 0. The predicted molar refractivity (Wildman–Crippen MR) is 330 cm³/mol. The fourth-order valence-electron chi connectivity index (χ4n) is 10.7. The Hall–Kier alpha value is -10.5. The molecule has 12 aromatic carbocycles. The van der Waals surface area contributed by atoms with Crippen LogP contribution in [0.25, 0.3) is 111 Å². The molecule has 0 aliphatic rings. The maximum absolute atomic E-state index is 3.36. The van der Waals surface area contributed by atoms with Gasteiger partial charge in [-0.3, -0.25) is 0 Å². The van der Waals surface area contributed by atoms with Gasteiger partial charge in [-0.25, -0.2) is 0 Å². The summed E-state index contributed by atoms with van der Waals surface area (Å²) >= 11 is 0. The first-order valence-corrected chi connectivity index (χ1v) is 26.5. The van der Waals surface area contributed by atoms with E-state index in [2.05, 4.69) is 327 Å². The minimum atomic E-state index is 0.929. The van der Waals surface area contributed by atoms with E-state index in [0.717, 1.165) is 44.5 Å².